The lowest BCUT2D eigenvalue weighted by Crippen LogP contribution is -2.34. The Labute approximate surface area is 86.6 Å². The Morgan fingerprint density at radius 2 is 1.86 bits per heavy atom. The molecule has 0 saturated heterocycles. The van der Waals surface area contributed by atoms with Crippen LogP contribution < -0.4 is 5.46 Å². The molecule has 14 heavy (non-hydrogen) atoms. The van der Waals surface area contributed by atoms with E-state index in [1.807, 2.05) is 0 Å². The van der Waals surface area contributed by atoms with Gasteiger partial charge in [0.15, 0.2) is 0 Å². The quantitative estimate of drug-likeness (QED) is 0.792. The molecule has 1 aromatic carbocycles. The third kappa shape index (κ3) is 2.10. The Morgan fingerprint density at radius 1 is 1.29 bits per heavy atom. The van der Waals surface area contributed by atoms with Crippen molar-refractivity contribution in [2.45, 2.75) is 6.43 Å². The monoisotopic (exact) mass is 268 g/mol. The minimum absolute atomic E-state index is 0.0365. The van der Waals surface area contributed by atoms with Crippen molar-refractivity contribution >= 4 is 28.5 Å². The van der Waals surface area contributed by atoms with Gasteiger partial charge in [0.1, 0.15) is 5.82 Å². The van der Waals surface area contributed by atoms with Gasteiger partial charge in [0.05, 0.1) is 5.56 Å². The summed E-state index contributed by atoms with van der Waals surface area (Å²) in [6, 6.07) is 2.02. The van der Waals surface area contributed by atoms with Crippen LogP contribution in [0.2, 0.25) is 0 Å². The number of alkyl halides is 2. The van der Waals surface area contributed by atoms with Crippen LogP contribution in [0.1, 0.15) is 12.0 Å². The minimum atomic E-state index is -2.99. The number of halogens is 4. The van der Waals surface area contributed by atoms with E-state index >= 15 is 0 Å². The Kier molecular flexibility index (Phi) is 3.57. The largest absolute Gasteiger partial charge is 0.492 e. The van der Waals surface area contributed by atoms with Crippen LogP contribution in [0.25, 0.3) is 0 Å². The van der Waals surface area contributed by atoms with Gasteiger partial charge in [-0.2, -0.15) is 0 Å². The predicted molar refractivity (Wildman–Crippen MR) is 48.9 cm³/mol. The summed E-state index contributed by atoms with van der Waals surface area (Å²) in [7, 11) is -2.12. The van der Waals surface area contributed by atoms with Gasteiger partial charge in [-0.15, -0.1) is 0 Å². The fourth-order valence-electron chi connectivity index (χ4n) is 0.991. The third-order valence-electron chi connectivity index (χ3n) is 1.65. The molecule has 2 nitrogen and oxygen atoms in total. The summed E-state index contributed by atoms with van der Waals surface area (Å²) in [4.78, 5) is 0. The normalized spacial score (nSPS) is 10.8. The fourth-order valence-corrected chi connectivity index (χ4v) is 1.50. The highest BCUT2D eigenvalue weighted by Gasteiger charge is 2.25. The molecule has 76 valence electrons. The van der Waals surface area contributed by atoms with E-state index in [0.717, 1.165) is 12.1 Å². The van der Waals surface area contributed by atoms with Crippen LogP contribution in [0.3, 0.4) is 0 Å². The summed E-state index contributed by atoms with van der Waals surface area (Å²) >= 11 is 2.83. The average molecular weight is 269 g/mol. The highest BCUT2D eigenvalue weighted by Crippen LogP contribution is 2.23. The molecule has 1 rings (SSSR count). The van der Waals surface area contributed by atoms with E-state index in [2.05, 4.69) is 15.9 Å². The number of rotatable bonds is 2. The Bertz CT molecular complexity index is 346. The lowest BCUT2D eigenvalue weighted by molar-refractivity contribution is 0.146. The average Bonchev–Trinajstić information content (AvgIpc) is 2.02. The van der Waals surface area contributed by atoms with E-state index < -0.39 is 30.4 Å². The van der Waals surface area contributed by atoms with Crippen LogP contribution in [-0.4, -0.2) is 17.2 Å². The van der Waals surface area contributed by atoms with Gasteiger partial charge in [-0.3, -0.25) is 0 Å². The first-order valence-corrected chi connectivity index (χ1v) is 4.36. The zero-order valence-corrected chi connectivity index (χ0v) is 8.30. The van der Waals surface area contributed by atoms with Crippen molar-refractivity contribution in [1.82, 2.24) is 0 Å². The molecule has 1 aromatic rings. The summed E-state index contributed by atoms with van der Waals surface area (Å²) < 4.78 is 37.6. The second-order valence-electron chi connectivity index (χ2n) is 2.54. The summed E-state index contributed by atoms with van der Waals surface area (Å²) in [6.07, 6.45) is -2.99. The van der Waals surface area contributed by atoms with Crippen molar-refractivity contribution in [1.29, 1.82) is 0 Å². The van der Waals surface area contributed by atoms with E-state index in [4.69, 9.17) is 10.0 Å². The molecule has 0 saturated carbocycles. The van der Waals surface area contributed by atoms with Crippen molar-refractivity contribution in [2.75, 3.05) is 0 Å². The van der Waals surface area contributed by atoms with Gasteiger partial charge in [0.2, 0.25) is 0 Å². The van der Waals surface area contributed by atoms with Gasteiger partial charge in [-0.05, 0) is 12.1 Å². The summed E-state index contributed by atoms with van der Waals surface area (Å²) in [5, 5.41) is 17.5. The van der Waals surface area contributed by atoms with Gasteiger partial charge in [0, 0.05) is 9.94 Å². The maximum absolute atomic E-state index is 13.2. The first-order chi connectivity index (χ1) is 6.45. The zero-order valence-electron chi connectivity index (χ0n) is 6.72. The molecule has 0 atom stereocenters. The van der Waals surface area contributed by atoms with E-state index in [0.29, 0.717) is 0 Å². The summed E-state index contributed by atoms with van der Waals surface area (Å²) in [6.45, 7) is 0. The van der Waals surface area contributed by atoms with E-state index in [1.54, 1.807) is 0 Å². The van der Waals surface area contributed by atoms with Gasteiger partial charge >= 0.3 is 7.12 Å². The topological polar surface area (TPSA) is 40.5 Å². The Hall–Kier alpha value is -0.525. The highest BCUT2D eigenvalue weighted by atomic mass is 79.9. The summed E-state index contributed by atoms with van der Waals surface area (Å²) in [5.41, 5.74) is -1.43. The second kappa shape index (κ2) is 4.33. The molecule has 7 heteroatoms. The Balaban J connectivity index is 3.34. The SMILES string of the molecule is OB(O)c1c(Br)ccc(C(F)F)c1F. The number of hydrogen-bond acceptors (Lipinski definition) is 2. The van der Waals surface area contributed by atoms with E-state index in [1.165, 1.54) is 0 Å². The number of benzene rings is 1. The molecule has 0 aromatic heterocycles. The van der Waals surface area contributed by atoms with Gasteiger partial charge in [0.25, 0.3) is 6.43 Å². The van der Waals surface area contributed by atoms with E-state index in [-0.39, 0.29) is 4.47 Å². The first-order valence-electron chi connectivity index (χ1n) is 3.57. The van der Waals surface area contributed by atoms with Crippen LogP contribution in [0.4, 0.5) is 13.2 Å². The maximum atomic E-state index is 13.2. The molecule has 0 aliphatic heterocycles. The molecule has 0 unspecified atom stereocenters. The number of hydrogen-bond donors (Lipinski definition) is 2. The molecule has 0 bridgehead atoms. The van der Waals surface area contributed by atoms with Gasteiger partial charge in [-0.1, -0.05) is 15.9 Å². The molecular formula is C7H5BBrF3O2. The maximum Gasteiger partial charge on any atom is 0.492 e. The fraction of sp³-hybridized carbons (Fsp3) is 0.143. The van der Waals surface area contributed by atoms with Gasteiger partial charge < -0.3 is 10.0 Å². The van der Waals surface area contributed by atoms with E-state index in [9.17, 15) is 13.2 Å². The smallest absolute Gasteiger partial charge is 0.423 e. The molecule has 0 spiro atoms. The van der Waals surface area contributed by atoms with Crippen LogP contribution in [0, 0.1) is 5.82 Å². The third-order valence-corrected chi connectivity index (χ3v) is 2.34. The molecular weight excluding hydrogens is 264 g/mol. The minimum Gasteiger partial charge on any atom is -0.423 e. The van der Waals surface area contributed by atoms with Crippen molar-refractivity contribution in [3.05, 3.63) is 28.0 Å². The molecule has 0 aliphatic carbocycles. The molecule has 0 amide bonds. The second-order valence-corrected chi connectivity index (χ2v) is 3.39. The highest BCUT2D eigenvalue weighted by molar-refractivity contribution is 9.10. The zero-order chi connectivity index (χ0) is 10.9. The predicted octanol–water partition coefficient (Wildman–Crippen LogP) is 1.21. The standard InChI is InChI=1S/C7H5BBrF3O2/c9-4-2-1-3(7(11)12)6(10)5(4)8(13)14/h1-2,7,13-14H. The van der Waals surface area contributed by atoms with Gasteiger partial charge in [-0.25, -0.2) is 13.2 Å². The molecule has 0 heterocycles. The van der Waals surface area contributed by atoms with Crippen LogP contribution in [0.15, 0.2) is 16.6 Å². The lowest BCUT2D eigenvalue weighted by atomic mass is 9.79. The molecule has 0 fully saturated rings. The van der Waals surface area contributed by atoms with Crippen LogP contribution in [0.5, 0.6) is 0 Å². The van der Waals surface area contributed by atoms with Crippen molar-refractivity contribution in [2.24, 2.45) is 0 Å². The van der Waals surface area contributed by atoms with Crippen molar-refractivity contribution in [3.8, 4) is 0 Å². The van der Waals surface area contributed by atoms with Crippen molar-refractivity contribution in [3.63, 3.8) is 0 Å². The Morgan fingerprint density at radius 3 is 2.29 bits per heavy atom. The molecule has 0 radical (unpaired) electrons. The lowest BCUT2D eigenvalue weighted by Gasteiger charge is -2.08. The molecule has 2 N–H and O–H groups in total. The first kappa shape index (κ1) is 11.5. The summed E-state index contributed by atoms with van der Waals surface area (Å²) in [5.74, 6) is -1.30. The van der Waals surface area contributed by atoms with Crippen LogP contribution >= 0.6 is 15.9 Å². The van der Waals surface area contributed by atoms with Crippen LogP contribution in [-0.2, 0) is 0 Å². The van der Waals surface area contributed by atoms with Crippen molar-refractivity contribution < 1.29 is 23.2 Å². The molecule has 0 aliphatic rings.